The number of aliphatic imine (C=N–C) groups is 1. The second kappa shape index (κ2) is 5.47. The highest BCUT2D eigenvalue weighted by molar-refractivity contribution is 5.83. The Morgan fingerprint density at radius 2 is 1.68 bits per heavy atom. The SMILES string of the molecule is CC(C)c1c(O)cc(C(N=C(N)N)C(=O)O)cc1O. The van der Waals surface area contributed by atoms with Crippen LogP contribution in [0.4, 0.5) is 0 Å². The van der Waals surface area contributed by atoms with Crippen LogP contribution < -0.4 is 11.5 Å². The van der Waals surface area contributed by atoms with E-state index in [1.165, 1.54) is 12.1 Å². The highest BCUT2D eigenvalue weighted by Gasteiger charge is 2.23. The minimum Gasteiger partial charge on any atom is -0.508 e. The Bertz CT molecular complexity index is 499. The van der Waals surface area contributed by atoms with Gasteiger partial charge in [0.15, 0.2) is 12.0 Å². The van der Waals surface area contributed by atoms with Crippen molar-refractivity contribution in [3.63, 3.8) is 0 Å². The molecule has 0 aromatic heterocycles. The van der Waals surface area contributed by atoms with E-state index in [9.17, 15) is 15.0 Å². The van der Waals surface area contributed by atoms with Crippen molar-refractivity contribution in [1.82, 2.24) is 0 Å². The van der Waals surface area contributed by atoms with Crippen LogP contribution >= 0.6 is 0 Å². The van der Waals surface area contributed by atoms with Crippen LogP contribution in [0.3, 0.4) is 0 Å². The third-order valence-electron chi connectivity index (χ3n) is 2.56. The standard InChI is InChI=1S/C12H17N3O4/c1-5(2)9-7(16)3-6(4-8(9)17)10(11(18)19)15-12(13)14/h3-5,10,16-17H,1-2H3,(H,18,19)(H4,13,14,15). The molecule has 0 heterocycles. The van der Waals surface area contributed by atoms with Crippen LogP contribution in [0.5, 0.6) is 11.5 Å². The molecule has 104 valence electrons. The molecule has 1 aromatic rings. The number of aliphatic carboxylic acids is 1. The van der Waals surface area contributed by atoms with Gasteiger partial charge in [-0.1, -0.05) is 13.8 Å². The molecule has 0 radical (unpaired) electrons. The van der Waals surface area contributed by atoms with Crippen LogP contribution in [-0.2, 0) is 4.79 Å². The van der Waals surface area contributed by atoms with E-state index in [1.807, 2.05) is 0 Å². The smallest absolute Gasteiger partial charge is 0.333 e. The molecule has 0 aliphatic carbocycles. The molecule has 1 unspecified atom stereocenters. The molecule has 0 fully saturated rings. The normalized spacial score (nSPS) is 12.2. The first-order valence-corrected chi connectivity index (χ1v) is 5.61. The number of nitrogens with two attached hydrogens (primary N) is 2. The molecule has 19 heavy (non-hydrogen) atoms. The summed E-state index contributed by atoms with van der Waals surface area (Å²) < 4.78 is 0. The number of rotatable bonds is 4. The Labute approximate surface area is 110 Å². The third-order valence-corrected chi connectivity index (χ3v) is 2.56. The first kappa shape index (κ1) is 14.6. The summed E-state index contributed by atoms with van der Waals surface area (Å²) >= 11 is 0. The van der Waals surface area contributed by atoms with Crippen molar-refractivity contribution in [2.24, 2.45) is 16.5 Å². The van der Waals surface area contributed by atoms with Gasteiger partial charge < -0.3 is 26.8 Å². The van der Waals surface area contributed by atoms with Gasteiger partial charge in [0.2, 0.25) is 0 Å². The first-order chi connectivity index (χ1) is 8.73. The zero-order valence-electron chi connectivity index (χ0n) is 10.7. The fourth-order valence-electron chi connectivity index (χ4n) is 1.81. The Balaban J connectivity index is 3.35. The van der Waals surface area contributed by atoms with Gasteiger partial charge >= 0.3 is 5.97 Å². The average molecular weight is 267 g/mol. The highest BCUT2D eigenvalue weighted by atomic mass is 16.4. The van der Waals surface area contributed by atoms with Crippen LogP contribution in [0.15, 0.2) is 17.1 Å². The van der Waals surface area contributed by atoms with Gasteiger partial charge in [-0.3, -0.25) is 0 Å². The van der Waals surface area contributed by atoms with E-state index >= 15 is 0 Å². The molecule has 0 saturated heterocycles. The zero-order chi connectivity index (χ0) is 14.7. The summed E-state index contributed by atoms with van der Waals surface area (Å²) in [6, 6.07) is 1.10. The lowest BCUT2D eigenvalue weighted by atomic mass is 9.96. The molecule has 0 bridgehead atoms. The minimum atomic E-state index is -1.37. The number of hydrogen-bond acceptors (Lipinski definition) is 4. The minimum absolute atomic E-state index is 0.0975. The highest BCUT2D eigenvalue weighted by Crippen LogP contribution is 2.37. The van der Waals surface area contributed by atoms with Gasteiger partial charge in [-0.2, -0.15) is 0 Å². The Morgan fingerprint density at radius 1 is 1.21 bits per heavy atom. The summed E-state index contributed by atoms with van der Waals surface area (Å²) in [7, 11) is 0. The molecule has 0 aliphatic heterocycles. The van der Waals surface area contributed by atoms with E-state index < -0.39 is 12.0 Å². The zero-order valence-corrected chi connectivity index (χ0v) is 10.7. The van der Waals surface area contributed by atoms with Gasteiger partial charge in [-0.15, -0.1) is 0 Å². The van der Waals surface area contributed by atoms with Gasteiger partial charge in [0.05, 0.1) is 0 Å². The van der Waals surface area contributed by atoms with Gasteiger partial charge in [0, 0.05) is 5.56 Å². The van der Waals surface area contributed by atoms with Crippen LogP contribution in [-0.4, -0.2) is 27.2 Å². The van der Waals surface area contributed by atoms with Crippen LogP contribution in [0, 0.1) is 0 Å². The van der Waals surface area contributed by atoms with Crippen LogP contribution in [0.2, 0.25) is 0 Å². The fraction of sp³-hybridized carbons (Fsp3) is 0.333. The monoisotopic (exact) mass is 267 g/mol. The van der Waals surface area contributed by atoms with E-state index in [0.29, 0.717) is 5.56 Å². The Kier molecular flexibility index (Phi) is 4.21. The molecular weight excluding hydrogens is 250 g/mol. The lowest BCUT2D eigenvalue weighted by Crippen LogP contribution is -2.25. The number of phenolic OH excluding ortho intramolecular Hbond substituents is 2. The number of phenols is 2. The topological polar surface area (TPSA) is 142 Å². The van der Waals surface area contributed by atoms with Crippen LogP contribution in [0.25, 0.3) is 0 Å². The number of guanidine groups is 1. The number of carbonyl (C=O) groups is 1. The first-order valence-electron chi connectivity index (χ1n) is 5.61. The van der Waals surface area contributed by atoms with E-state index in [2.05, 4.69) is 4.99 Å². The summed E-state index contributed by atoms with van der Waals surface area (Å²) in [5.41, 5.74) is 10.8. The maximum absolute atomic E-state index is 11.1. The van der Waals surface area contributed by atoms with Gasteiger partial charge in [0.25, 0.3) is 0 Å². The summed E-state index contributed by atoms with van der Waals surface area (Å²) in [6.45, 7) is 3.58. The van der Waals surface area contributed by atoms with Crippen molar-refractivity contribution in [2.75, 3.05) is 0 Å². The molecule has 1 aromatic carbocycles. The van der Waals surface area contributed by atoms with Crippen molar-refractivity contribution in [2.45, 2.75) is 25.8 Å². The van der Waals surface area contributed by atoms with Crippen molar-refractivity contribution < 1.29 is 20.1 Å². The fourth-order valence-corrected chi connectivity index (χ4v) is 1.81. The number of aromatic hydroxyl groups is 2. The van der Waals surface area contributed by atoms with E-state index in [-0.39, 0.29) is 28.9 Å². The summed E-state index contributed by atoms with van der Waals surface area (Å²) in [4.78, 5) is 14.6. The average Bonchev–Trinajstić information content (AvgIpc) is 2.23. The van der Waals surface area contributed by atoms with E-state index in [4.69, 9.17) is 16.6 Å². The van der Waals surface area contributed by atoms with E-state index in [0.717, 1.165) is 0 Å². The molecule has 1 atom stereocenters. The van der Waals surface area contributed by atoms with Crippen molar-refractivity contribution >= 4 is 11.9 Å². The second-order valence-corrected chi connectivity index (χ2v) is 4.42. The summed E-state index contributed by atoms with van der Waals surface area (Å²) in [5.74, 6) is -2.17. The maximum atomic E-state index is 11.1. The predicted molar refractivity (Wildman–Crippen MR) is 70.0 cm³/mol. The van der Waals surface area contributed by atoms with Crippen molar-refractivity contribution in [1.29, 1.82) is 0 Å². The largest absolute Gasteiger partial charge is 0.508 e. The molecule has 0 spiro atoms. The maximum Gasteiger partial charge on any atom is 0.333 e. The van der Waals surface area contributed by atoms with Gasteiger partial charge in [0.1, 0.15) is 11.5 Å². The number of hydrogen-bond donors (Lipinski definition) is 5. The second-order valence-electron chi connectivity index (χ2n) is 4.42. The summed E-state index contributed by atoms with van der Waals surface area (Å²) in [6.07, 6.45) is 0. The molecule has 7 N–H and O–H groups in total. The number of benzene rings is 1. The summed E-state index contributed by atoms with van der Waals surface area (Å²) in [5, 5.41) is 28.7. The Morgan fingerprint density at radius 3 is 2.00 bits per heavy atom. The van der Waals surface area contributed by atoms with Crippen LogP contribution in [0.1, 0.15) is 36.9 Å². The quantitative estimate of drug-likeness (QED) is 0.400. The van der Waals surface area contributed by atoms with Gasteiger partial charge in [-0.05, 0) is 23.6 Å². The third kappa shape index (κ3) is 3.27. The molecule has 7 nitrogen and oxygen atoms in total. The lowest BCUT2D eigenvalue weighted by molar-refractivity contribution is -0.138. The lowest BCUT2D eigenvalue weighted by Gasteiger charge is -2.15. The molecule has 0 amide bonds. The van der Waals surface area contributed by atoms with Crippen molar-refractivity contribution in [3.05, 3.63) is 23.3 Å². The molecule has 0 aliphatic rings. The number of nitrogens with zero attached hydrogens (tertiary/aromatic N) is 1. The molecule has 1 rings (SSSR count). The predicted octanol–water partition coefficient (Wildman–Crippen LogP) is 0.620. The number of carboxylic acids is 1. The molecular formula is C12H17N3O4. The number of carboxylic acid groups (broad SMARTS) is 1. The Hall–Kier alpha value is -2.44. The van der Waals surface area contributed by atoms with Gasteiger partial charge in [-0.25, -0.2) is 9.79 Å². The molecule has 7 heteroatoms. The van der Waals surface area contributed by atoms with E-state index in [1.54, 1.807) is 13.8 Å². The molecule has 0 saturated carbocycles. The van der Waals surface area contributed by atoms with Crippen molar-refractivity contribution in [3.8, 4) is 11.5 Å².